The largest absolute Gasteiger partial charge is 0.496 e. The number of carbonyl (C=O) groups is 2. The number of rotatable bonds is 5. The quantitative estimate of drug-likeness (QED) is 0.491. The summed E-state index contributed by atoms with van der Waals surface area (Å²) in [6.45, 7) is 3.64. The Morgan fingerprint density at radius 3 is 2.66 bits per heavy atom. The summed E-state index contributed by atoms with van der Waals surface area (Å²) in [5, 5.41) is 5.67. The van der Waals surface area contributed by atoms with Crippen LogP contribution < -0.4 is 15.0 Å². The minimum Gasteiger partial charge on any atom is -0.496 e. The molecular formula is C24H23ClN2O4S. The van der Waals surface area contributed by atoms with E-state index in [0.717, 1.165) is 16.8 Å². The van der Waals surface area contributed by atoms with Gasteiger partial charge in [0.2, 0.25) is 0 Å². The maximum Gasteiger partial charge on any atom is 0.348 e. The lowest BCUT2D eigenvalue weighted by Gasteiger charge is -2.39. The van der Waals surface area contributed by atoms with Crippen LogP contribution in [0.4, 0.5) is 11.4 Å². The number of methoxy groups -OCH3 is 1. The fraction of sp³-hybridized carbons (Fsp3) is 0.250. The van der Waals surface area contributed by atoms with Gasteiger partial charge in [0.05, 0.1) is 18.5 Å². The normalized spacial score (nSPS) is 14.5. The van der Waals surface area contributed by atoms with Crippen molar-refractivity contribution >= 4 is 46.2 Å². The Labute approximate surface area is 195 Å². The van der Waals surface area contributed by atoms with Crippen LogP contribution in [0.5, 0.6) is 5.75 Å². The number of carbonyl (C=O) groups excluding carboxylic acids is 2. The molecule has 32 heavy (non-hydrogen) atoms. The lowest BCUT2D eigenvalue weighted by molar-refractivity contribution is -0.121. The molecule has 0 atom stereocenters. The van der Waals surface area contributed by atoms with E-state index in [-0.39, 0.29) is 12.5 Å². The van der Waals surface area contributed by atoms with Gasteiger partial charge in [-0.1, -0.05) is 23.7 Å². The average Bonchev–Trinajstić information content (AvgIpc) is 3.30. The summed E-state index contributed by atoms with van der Waals surface area (Å²) in [7, 11) is 3.31. The maximum absolute atomic E-state index is 13.0. The molecule has 0 radical (unpaired) electrons. The summed E-state index contributed by atoms with van der Waals surface area (Å²) < 4.78 is 11.2. The minimum atomic E-state index is -0.762. The number of hydrogen-bond donors (Lipinski definition) is 1. The molecule has 1 aromatic heterocycles. The van der Waals surface area contributed by atoms with E-state index in [1.807, 2.05) is 31.4 Å². The molecule has 2 heterocycles. The van der Waals surface area contributed by atoms with E-state index >= 15 is 0 Å². The predicted molar refractivity (Wildman–Crippen MR) is 128 cm³/mol. The zero-order valence-electron chi connectivity index (χ0n) is 18.2. The van der Waals surface area contributed by atoms with E-state index in [4.69, 9.17) is 21.1 Å². The molecule has 1 amide bonds. The van der Waals surface area contributed by atoms with Crippen molar-refractivity contribution in [2.75, 3.05) is 24.4 Å². The van der Waals surface area contributed by atoms with Crippen molar-refractivity contribution in [3.8, 4) is 16.9 Å². The number of fused-ring (bicyclic) bond motifs is 1. The topological polar surface area (TPSA) is 67.9 Å². The number of thiophene rings is 1. The first-order valence-electron chi connectivity index (χ1n) is 9.99. The summed E-state index contributed by atoms with van der Waals surface area (Å²) in [6.07, 6.45) is 0. The molecule has 0 saturated heterocycles. The summed E-state index contributed by atoms with van der Waals surface area (Å²) in [4.78, 5) is 27.7. The van der Waals surface area contributed by atoms with Crippen molar-refractivity contribution in [2.45, 2.75) is 26.0 Å². The molecule has 0 saturated carbocycles. The van der Waals surface area contributed by atoms with Gasteiger partial charge < -0.3 is 19.7 Å². The second-order valence-corrected chi connectivity index (χ2v) is 9.38. The third-order valence-electron chi connectivity index (χ3n) is 5.43. The number of ether oxygens (including phenoxy) is 2. The zero-order chi connectivity index (χ0) is 23.0. The van der Waals surface area contributed by atoms with Gasteiger partial charge in [-0.2, -0.15) is 0 Å². The molecule has 2 aromatic carbocycles. The van der Waals surface area contributed by atoms with E-state index in [0.29, 0.717) is 26.9 Å². The SMILES string of the molecule is COc1ccc(Cl)cc1-c1ccc2c(c1COC(=O)c1cccs1)N(C)C(=O)C(C)(C)N2. The van der Waals surface area contributed by atoms with Crippen LogP contribution in [0.15, 0.2) is 47.8 Å². The maximum atomic E-state index is 13.0. The van der Waals surface area contributed by atoms with Crippen LogP contribution in [-0.4, -0.2) is 31.6 Å². The number of nitrogens with zero attached hydrogens (tertiary/aromatic N) is 1. The third-order valence-corrected chi connectivity index (χ3v) is 6.51. The molecule has 0 unspecified atom stereocenters. The molecule has 6 nitrogen and oxygen atoms in total. The van der Waals surface area contributed by atoms with E-state index in [1.54, 1.807) is 49.4 Å². The predicted octanol–water partition coefficient (Wildman–Crippen LogP) is 5.60. The highest BCUT2D eigenvalue weighted by molar-refractivity contribution is 7.11. The van der Waals surface area contributed by atoms with Crippen LogP contribution in [0.1, 0.15) is 29.1 Å². The average molecular weight is 471 g/mol. The molecule has 1 aliphatic heterocycles. The molecule has 166 valence electrons. The lowest BCUT2D eigenvalue weighted by atomic mass is 9.92. The molecule has 8 heteroatoms. The van der Waals surface area contributed by atoms with Gasteiger partial charge >= 0.3 is 5.97 Å². The first-order valence-corrected chi connectivity index (χ1v) is 11.3. The van der Waals surface area contributed by atoms with Gasteiger partial charge in [-0.3, -0.25) is 4.79 Å². The minimum absolute atomic E-state index is 0.0232. The van der Waals surface area contributed by atoms with Crippen molar-refractivity contribution in [1.82, 2.24) is 0 Å². The Hall–Kier alpha value is -3.03. The summed E-state index contributed by atoms with van der Waals surface area (Å²) in [6, 6.07) is 12.7. The van der Waals surface area contributed by atoms with Crippen molar-refractivity contribution in [2.24, 2.45) is 0 Å². The highest BCUT2D eigenvalue weighted by Gasteiger charge is 2.38. The Morgan fingerprint density at radius 1 is 1.19 bits per heavy atom. The number of likely N-dealkylation sites (N-methyl/N-ethyl adjacent to an activating group) is 1. The number of benzene rings is 2. The van der Waals surface area contributed by atoms with Crippen molar-refractivity contribution < 1.29 is 19.1 Å². The molecule has 1 aliphatic rings. The molecule has 0 spiro atoms. The molecule has 3 aromatic rings. The molecule has 0 aliphatic carbocycles. The molecule has 1 N–H and O–H groups in total. The summed E-state index contributed by atoms with van der Waals surface area (Å²) in [5.41, 5.74) is 2.88. The molecular weight excluding hydrogens is 448 g/mol. The third kappa shape index (κ3) is 3.94. The van der Waals surface area contributed by atoms with Crippen LogP contribution in [0.3, 0.4) is 0 Å². The number of hydrogen-bond acceptors (Lipinski definition) is 6. The van der Waals surface area contributed by atoms with Crippen LogP contribution in [0.25, 0.3) is 11.1 Å². The van der Waals surface area contributed by atoms with Crippen LogP contribution in [-0.2, 0) is 16.1 Å². The van der Waals surface area contributed by atoms with Gasteiger partial charge in [-0.25, -0.2) is 4.79 Å². The molecule has 4 rings (SSSR count). The Kier molecular flexibility index (Phi) is 5.88. The lowest BCUT2D eigenvalue weighted by Crippen LogP contribution is -2.52. The highest BCUT2D eigenvalue weighted by Crippen LogP contribution is 2.44. The number of nitrogens with one attached hydrogen (secondary N) is 1. The van der Waals surface area contributed by atoms with Crippen LogP contribution in [0.2, 0.25) is 5.02 Å². The number of amides is 1. The van der Waals surface area contributed by atoms with Crippen molar-refractivity contribution in [3.63, 3.8) is 0 Å². The van der Waals surface area contributed by atoms with Gasteiger partial charge in [0, 0.05) is 23.2 Å². The first-order chi connectivity index (χ1) is 15.2. The summed E-state index contributed by atoms with van der Waals surface area (Å²) in [5.74, 6) is 0.115. The van der Waals surface area contributed by atoms with Crippen LogP contribution in [0, 0.1) is 0 Å². The number of esters is 1. The highest BCUT2D eigenvalue weighted by atomic mass is 35.5. The van der Waals surface area contributed by atoms with E-state index < -0.39 is 11.5 Å². The molecule has 0 bridgehead atoms. The van der Waals surface area contributed by atoms with E-state index in [9.17, 15) is 9.59 Å². The second kappa shape index (κ2) is 8.48. The second-order valence-electron chi connectivity index (χ2n) is 8.00. The van der Waals surface area contributed by atoms with E-state index in [2.05, 4.69) is 5.32 Å². The Morgan fingerprint density at radius 2 is 1.97 bits per heavy atom. The zero-order valence-corrected chi connectivity index (χ0v) is 19.8. The summed E-state index contributed by atoms with van der Waals surface area (Å²) >= 11 is 7.60. The van der Waals surface area contributed by atoms with Crippen LogP contribution >= 0.6 is 22.9 Å². The first kappa shape index (κ1) is 22.2. The van der Waals surface area contributed by atoms with Gasteiger partial charge in [0.1, 0.15) is 22.8 Å². The van der Waals surface area contributed by atoms with Gasteiger partial charge in [0.15, 0.2) is 0 Å². The molecule has 0 fully saturated rings. The fourth-order valence-electron chi connectivity index (χ4n) is 3.92. The standard InChI is InChI=1S/C24H23ClN2O4S/c1-24(2)23(29)27(3)21-17(13-31-22(28)20-6-5-11-32-20)15(8-9-18(21)26-24)16-12-14(25)7-10-19(16)30-4/h5-12,26H,13H2,1-4H3. The smallest absolute Gasteiger partial charge is 0.348 e. The number of anilines is 2. The monoisotopic (exact) mass is 470 g/mol. The van der Waals surface area contributed by atoms with Gasteiger partial charge in [-0.15, -0.1) is 11.3 Å². The Bertz CT molecular complexity index is 1190. The number of halogens is 1. The van der Waals surface area contributed by atoms with Gasteiger partial charge in [0.25, 0.3) is 5.91 Å². The van der Waals surface area contributed by atoms with Crippen molar-refractivity contribution in [1.29, 1.82) is 0 Å². The van der Waals surface area contributed by atoms with Crippen molar-refractivity contribution in [3.05, 3.63) is 63.3 Å². The van der Waals surface area contributed by atoms with Gasteiger partial charge in [-0.05, 0) is 55.1 Å². The Balaban J connectivity index is 1.86. The fourth-order valence-corrected chi connectivity index (χ4v) is 4.71. The van der Waals surface area contributed by atoms with E-state index in [1.165, 1.54) is 11.3 Å².